The van der Waals surface area contributed by atoms with Crippen molar-refractivity contribution in [2.24, 2.45) is 0 Å². The van der Waals surface area contributed by atoms with Gasteiger partial charge in [0.25, 0.3) is 0 Å². The predicted molar refractivity (Wildman–Crippen MR) is 80.9 cm³/mol. The van der Waals surface area contributed by atoms with Gasteiger partial charge in [-0.3, -0.25) is 4.98 Å². The van der Waals surface area contributed by atoms with E-state index in [4.69, 9.17) is 9.15 Å². The molecule has 2 aromatic rings. The minimum absolute atomic E-state index is 0.603. The van der Waals surface area contributed by atoms with E-state index in [1.807, 2.05) is 31.3 Å². The van der Waals surface area contributed by atoms with Gasteiger partial charge in [-0.1, -0.05) is 6.07 Å². The molecule has 0 bridgehead atoms. The summed E-state index contributed by atoms with van der Waals surface area (Å²) in [6, 6.07) is 8.76. The summed E-state index contributed by atoms with van der Waals surface area (Å²) in [6.45, 7) is 4.10. The van der Waals surface area contributed by atoms with Crippen LogP contribution >= 0.6 is 0 Å². The number of furan rings is 1. The Balaban J connectivity index is 1.41. The zero-order chi connectivity index (χ0) is 14.5. The van der Waals surface area contributed by atoms with Crippen LogP contribution in [0.5, 0.6) is 0 Å². The second kappa shape index (κ2) is 6.87. The molecular formula is C17H22N2O2. The van der Waals surface area contributed by atoms with Crippen molar-refractivity contribution in [2.75, 3.05) is 6.61 Å². The molecule has 4 heteroatoms. The molecule has 0 aliphatic heterocycles. The number of hydrogen-bond donors (Lipinski definition) is 1. The molecule has 0 saturated heterocycles. The molecule has 1 N–H and O–H groups in total. The summed E-state index contributed by atoms with van der Waals surface area (Å²) >= 11 is 0. The van der Waals surface area contributed by atoms with Gasteiger partial charge in [0, 0.05) is 29.9 Å². The third kappa shape index (κ3) is 4.41. The Labute approximate surface area is 125 Å². The lowest BCUT2D eigenvalue weighted by Gasteiger charge is -2.02. The summed E-state index contributed by atoms with van der Waals surface area (Å²) in [5.74, 6) is 1.96. The molecule has 112 valence electrons. The zero-order valence-electron chi connectivity index (χ0n) is 12.5. The van der Waals surface area contributed by atoms with Crippen molar-refractivity contribution in [1.29, 1.82) is 0 Å². The number of pyridine rings is 1. The summed E-state index contributed by atoms with van der Waals surface area (Å²) in [5.41, 5.74) is 2.21. The number of rotatable bonds is 8. The van der Waals surface area contributed by atoms with Crippen LogP contribution in [0.3, 0.4) is 0 Å². The van der Waals surface area contributed by atoms with Crippen LogP contribution in [0.25, 0.3) is 0 Å². The number of ether oxygens (including phenoxy) is 1. The van der Waals surface area contributed by atoms with E-state index in [-0.39, 0.29) is 0 Å². The first kappa shape index (κ1) is 14.3. The normalized spacial score (nSPS) is 14.5. The lowest BCUT2D eigenvalue weighted by molar-refractivity contribution is 0.122. The van der Waals surface area contributed by atoms with Gasteiger partial charge in [0.05, 0.1) is 19.8 Å². The van der Waals surface area contributed by atoms with Crippen LogP contribution in [0.2, 0.25) is 0 Å². The van der Waals surface area contributed by atoms with Crippen molar-refractivity contribution in [1.82, 2.24) is 10.3 Å². The van der Waals surface area contributed by atoms with Crippen LogP contribution in [0, 0.1) is 6.92 Å². The third-order valence-corrected chi connectivity index (χ3v) is 3.70. The Morgan fingerprint density at radius 1 is 1.38 bits per heavy atom. The molecule has 0 atom stereocenters. The van der Waals surface area contributed by atoms with E-state index in [1.54, 1.807) is 0 Å². The maximum Gasteiger partial charge on any atom is 0.118 e. The van der Waals surface area contributed by atoms with Crippen LogP contribution in [-0.2, 0) is 24.3 Å². The van der Waals surface area contributed by atoms with Gasteiger partial charge in [-0.25, -0.2) is 0 Å². The summed E-state index contributed by atoms with van der Waals surface area (Å²) in [5, 5.41) is 3.46. The Morgan fingerprint density at radius 2 is 2.29 bits per heavy atom. The molecular weight excluding hydrogens is 264 g/mol. The number of hydrogen-bond acceptors (Lipinski definition) is 4. The zero-order valence-corrected chi connectivity index (χ0v) is 12.5. The summed E-state index contributed by atoms with van der Waals surface area (Å²) in [7, 11) is 0. The molecule has 2 heterocycles. The Hall–Kier alpha value is -1.65. The van der Waals surface area contributed by atoms with Crippen LogP contribution in [0.4, 0.5) is 0 Å². The third-order valence-electron chi connectivity index (χ3n) is 3.70. The van der Waals surface area contributed by atoms with E-state index >= 15 is 0 Å². The minimum atomic E-state index is 0.603. The number of nitrogens with zero attached hydrogens (tertiary/aromatic N) is 1. The smallest absolute Gasteiger partial charge is 0.118 e. The second-order valence-corrected chi connectivity index (χ2v) is 5.57. The lowest BCUT2D eigenvalue weighted by Crippen LogP contribution is -2.14. The molecule has 1 aliphatic rings. The molecule has 4 nitrogen and oxygen atoms in total. The topological polar surface area (TPSA) is 47.3 Å². The quantitative estimate of drug-likeness (QED) is 0.758. The first-order valence-electron chi connectivity index (χ1n) is 7.60. The standard InChI is InChI=1S/C17H22N2O2/c1-13-14(10-17(21-13)11-19-16-5-6-16)12-20-9-7-15-4-2-3-8-18-15/h2-4,8,10,16,19H,5-7,9,11-12H2,1H3. The lowest BCUT2D eigenvalue weighted by atomic mass is 10.2. The van der Waals surface area contributed by atoms with Gasteiger partial charge in [0.15, 0.2) is 0 Å². The van der Waals surface area contributed by atoms with Gasteiger partial charge in [0.1, 0.15) is 11.5 Å². The highest BCUT2D eigenvalue weighted by Crippen LogP contribution is 2.21. The first-order valence-corrected chi connectivity index (χ1v) is 7.60. The van der Waals surface area contributed by atoms with Gasteiger partial charge < -0.3 is 14.5 Å². The Kier molecular flexibility index (Phi) is 4.68. The predicted octanol–water partition coefficient (Wildman–Crippen LogP) is 2.99. The molecule has 0 spiro atoms. The van der Waals surface area contributed by atoms with E-state index in [0.29, 0.717) is 19.3 Å². The molecule has 0 radical (unpaired) electrons. The van der Waals surface area contributed by atoms with Crippen molar-refractivity contribution >= 4 is 0 Å². The maximum atomic E-state index is 5.75. The largest absolute Gasteiger partial charge is 0.465 e. The van der Waals surface area contributed by atoms with Crippen molar-refractivity contribution in [3.8, 4) is 0 Å². The monoisotopic (exact) mass is 286 g/mol. The van der Waals surface area contributed by atoms with Gasteiger partial charge in [-0.05, 0) is 38.0 Å². The van der Waals surface area contributed by atoms with Gasteiger partial charge >= 0.3 is 0 Å². The van der Waals surface area contributed by atoms with Crippen LogP contribution < -0.4 is 5.32 Å². The highest BCUT2D eigenvalue weighted by molar-refractivity contribution is 5.20. The van der Waals surface area contributed by atoms with Crippen LogP contribution in [0.15, 0.2) is 34.9 Å². The van der Waals surface area contributed by atoms with Crippen molar-refractivity contribution in [3.63, 3.8) is 0 Å². The SMILES string of the molecule is Cc1oc(CNC2CC2)cc1COCCc1ccccn1. The van der Waals surface area contributed by atoms with Gasteiger partial charge in [-0.15, -0.1) is 0 Å². The van der Waals surface area contributed by atoms with Crippen LogP contribution in [0.1, 0.15) is 35.6 Å². The fourth-order valence-electron chi connectivity index (χ4n) is 2.26. The molecule has 1 aliphatic carbocycles. The van der Waals surface area contributed by atoms with E-state index in [0.717, 1.165) is 35.7 Å². The van der Waals surface area contributed by atoms with Crippen LogP contribution in [-0.4, -0.2) is 17.6 Å². The Morgan fingerprint density at radius 3 is 3.05 bits per heavy atom. The number of aryl methyl sites for hydroxylation is 1. The van der Waals surface area contributed by atoms with Crippen molar-refractivity contribution in [3.05, 3.63) is 53.2 Å². The molecule has 1 saturated carbocycles. The van der Waals surface area contributed by atoms with E-state index in [2.05, 4.69) is 16.4 Å². The number of nitrogens with one attached hydrogen (secondary N) is 1. The average molecular weight is 286 g/mol. The Bertz CT molecular complexity index is 561. The first-order chi connectivity index (χ1) is 10.3. The highest BCUT2D eigenvalue weighted by Gasteiger charge is 2.20. The molecule has 3 rings (SSSR count). The minimum Gasteiger partial charge on any atom is -0.465 e. The summed E-state index contributed by atoms with van der Waals surface area (Å²) in [6.07, 6.45) is 5.24. The molecule has 0 unspecified atom stereocenters. The molecule has 21 heavy (non-hydrogen) atoms. The van der Waals surface area contributed by atoms with E-state index < -0.39 is 0 Å². The fraction of sp³-hybridized carbons (Fsp3) is 0.471. The van der Waals surface area contributed by atoms with E-state index in [9.17, 15) is 0 Å². The highest BCUT2D eigenvalue weighted by atomic mass is 16.5. The summed E-state index contributed by atoms with van der Waals surface area (Å²) < 4.78 is 11.5. The maximum absolute atomic E-state index is 5.75. The van der Waals surface area contributed by atoms with Crippen molar-refractivity contribution < 1.29 is 9.15 Å². The molecule has 1 fully saturated rings. The fourth-order valence-corrected chi connectivity index (χ4v) is 2.26. The van der Waals surface area contributed by atoms with Gasteiger partial charge in [-0.2, -0.15) is 0 Å². The molecule has 2 aromatic heterocycles. The summed E-state index contributed by atoms with van der Waals surface area (Å²) in [4.78, 5) is 4.28. The second-order valence-electron chi connectivity index (χ2n) is 5.57. The van der Waals surface area contributed by atoms with Gasteiger partial charge in [0.2, 0.25) is 0 Å². The molecule has 0 aromatic carbocycles. The molecule has 0 amide bonds. The number of aromatic nitrogens is 1. The average Bonchev–Trinajstić information content (AvgIpc) is 3.27. The van der Waals surface area contributed by atoms with Crippen molar-refractivity contribution in [2.45, 2.75) is 45.4 Å². The van der Waals surface area contributed by atoms with E-state index in [1.165, 1.54) is 12.8 Å².